The van der Waals surface area contributed by atoms with E-state index in [4.69, 9.17) is 0 Å². The first-order chi connectivity index (χ1) is 13.5. The van der Waals surface area contributed by atoms with Crippen LogP contribution in [0.1, 0.15) is 15.9 Å². The summed E-state index contributed by atoms with van der Waals surface area (Å²) in [7, 11) is 3.97. The molecule has 2 aromatic rings. The molecule has 28 heavy (non-hydrogen) atoms. The Morgan fingerprint density at radius 1 is 1.04 bits per heavy atom. The van der Waals surface area contributed by atoms with Gasteiger partial charge in [-0.25, -0.2) is 4.39 Å². The van der Waals surface area contributed by atoms with E-state index in [0.29, 0.717) is 17.8 Å². The van der Waals surface area contributed by atoms with E-state index >= 15 is 0 Å². The lowest BCUT2D eigenvalue weighted by molar-refractivity contribution is 0.0951. The van der Waals surface area contributed by atoms with Gasteiger partial charge in [-0.15, -0.1) is 0 Å². The fourth-order valence-corrected chi connectivity index (χ4v) is 3.37. The summed E-state index contributed by atoms with van der Waals surface area (Å²) < 4.78 is 13.9. The van der Waals surface area contributed by atoms with Crippen molar-refractivity contribution in [3.05, 3.63) is 65.5 Å². The fraction of sp³-hybridized carbons (Fsp3) is 0.409. The number of nitrogens with one attached hydrogen (secondary N) is 1. The van der Waals surface area contributed by atoms with Gasteiger partial charge in [0, 0.05) is 51.4 Å². The van der Waals surface area contributed by atoms with Crippen molar-refractivity contribution in [3.8, 4) is 0 Å². The first-order valence-corrected chi connectivity index (χ1v) is 9.76. The molecule has 6 heteroatoms. The lowest BCUT2D eigenvalue weighted by Crippen LogP contribution is -2.46. The van der Waals surface area contributed by atoms with Gasteiger partial charge < -0.3 is 15.1 Å². The Hall–Kier alpha value is -2.44. The van der Waals surface area contributed by atoms with Crippen LogP contribution in [0.3, 0.4) is 0 Å². The lowest BCUT2D eigenvalue weighted by atomic mass is 10.1. The third kappa shape index (κ3) is 5.53. The highest BCUT2D eigenvalue weighted by molar-refractivity contribution is 5.94. The zero-order valence-corrected chi connectivity index (χ0v) is 16.7. The maximum Gasteiger partial charge on any atom is 0.251 e. The molecule has 0 aliphatic carbocycles. The van der Waals surface area contributed by atoms with Gasteiger partial charge >= 0.3 is 0 Å². The molecule has 0 saturated carbocycles. The second-order valence-corrected chi connectivity index (χ2v) is 7.47. The monoisotopic (exact) mass is 384 g/mol. The van der Waals surface area contributed by atoms with E-state index in [9.17, 15) is 9.18 Å². The quantitative estimate of drug-likeness (QED) is 0.796. The topological polar surface area (TPSA) is 38.8 Å². The smallest absolute Gasteiger partial charge is 0.251 e. The van der Waals surface area contributed by atoms with E-state index in [0.717, 1.165) is 39.3 Å². The largest absolute Gasteiger partial charge is 0.367 e. The SMILES string of the molecule is CN(C)CCNC(=O)c1ccc(CN2CCN(c3ccccc3F)CC2)cc1. The second-order valence-electron chi connectivity index (χ2n) is 7.47. The lowest BCUT2D eigenvalue weighted by Gasteiger charge is -2.36. The summed E-state index contributed by atoms with van der Waals surface area (Å²) in [6, 6.07) is 14.8. The first kappa shape index (κ1) is 20.3. The number of hydrogen-bond donors (Lipinski definition) is 1. The summed E-state index contributed by atoms with van der Waals surface area (Å²) >= 11 is 0. The molecule has 0 unspecified atom stereocenters. The molecule has 1 N–H and O–H groups in total. The molecular formula is C22H29FN4O. The number of carbonyl (C=O) groups is 1. The Labute approximate surface area is 166 Å². The zero-order valence-electron chi connectivity index (χ0n) is 16.7. The van der Waals surface area contributed by atoms with Crippen LogP contribution in [0.15, 0.2) is 48.5 Å². The summed E-state index contributed by atoms with van der Waals surface area (Å²) in [5, 5.41) is 2.93. The van der Waals surface area contributed by atoms with E-state index in [-0.39, 0.29) is 11.7 Å². The van der Waals surface area contributed by atoms with E-state index in [1.165, 1.54) is 11.6 Å². The molecule has 1 aliphatic rings. The Morgan fingerprint density at radius 2 is 1.71 bits per heavy atom. The van der Waals surface area contributed by atoms with E-state index in [2.05, 4.69) is 15.1 Å². The molecule has 5 nitrogen and oxygen atoms in total. The molecular weight excluding hydrogens is 355 g/mol. The molecule has 1 fully saturated rings. The van der Waals surface area contributed by atoms with Gasteiger partial charge in [-0.1, -0.05) is 24.3 Å². The molecule has 1 aliphatic heterocycles. The molecule has 0 radical (unpaired) electrons. The number of anilines is 1. The summed E-state index contributed by atoms with van der Waals surface area (Å²) in [5.41, 5.74) is 2.56. The van der Waals surface area contributed by atoms with Gasteiger partial charge in [0.15, 0.2) is 0 Å². The minimum absolute atomic E-state index is 0.0353. The average Bonchev–Trinajstić information content (AvgIpc) is 2.69. The summed E-state index contributed by atoms with van der Waals surface area (Å²) in [6.45, 7) is 5.71. The van der Waals surface area contributed by atoms with Crippen molar-refractivity contribution in [2.75, 3.05) is 58.3 Å². The van der Waals surface area contributed by atoms with Crippen molar-refractivity contribution in [1.29, 1.82) is 0 Å². The average molecular weight is 384 g/mol. The number of amides is 1. The predicted octanol–water partition coefficient (Wildman–Crippen LogP) is 2.44. The van der Waals surface area contributed by atoms with Crippen molar-refractivity contribution in [2.45, 2.75) is 6.54 Å². The third-order valence-corrected chi connectivity index (χ3v) is 5.03. The molecule has 0 spiro atoms. The van der Waals surface area contributed by atoms with Crippen molar-refractivity contribution >= 4 is 11.6 Å². The Bertz CT molecular complexity index is 770. The van der Waals surface area contributed by atoms with Crippen LogP contribution in [0, 0.1) is 5.82 Å². The zero-order chi connectivity index (χ0) is 19.9. The molecule has 1 amide bonds. The highest BCUT2D eigenvalue weighted by atomic mass is 19.1. The standard InChI is InChI=1S/C22H29FN4O/c1-25(2)12-11-24-22(28)19-9-7-18(8-10-19)17-26-13-15-27(16-14-26)21-6-4-3-5-20(21)23/h3-10H,11-17H2,1-2H3,(H,24,28). The van der Waals surface area contributed by atoms with Crippen LogP contribution < -0.4 is 10.2 Å². The predicted molar refractivity (Wildman–Crippen MR) is 111 cm³/mol. The Kier molecular flexibility index (Phi) is 7.01. The number of piperazine rings is 1. The minimum atomic E-state index is -0.157. The highest BCUT2D eigenvalue weighted by Gasteiger charge is 2.19. The molecule has 0 aromatic heterocycles. The minimum Gasteiger partial charge on any atom is -0.367 e. The third-order valence-electron chi connectivity index (χ3n) is 5.03. The van der Waals surface area contributed by atoms with Gasteiger partial charge in [0.2, 0.25) is 0 Å². The van der Waals surface area contributed by atoms with Crippen LogP contribution in [0.4, 0.5) is 10.1 Å². The van der Waals surface area contributed by atoms with Gasteiger partial charge in [0.1, 0.15) is 5.82 Å². The van der Waals surface area contributed by atoms with E-state index < -0.39 is 0 Å². The van der Waals surface area contributed by atoms with Gasteiger partial charge in [-0.3, -0.25) is 9.69 Å². The molecule has 3 rings (SSSR count). The summed E-state index contributed by atoms with van der Waals surface area (Å²) in [6.07, 6.45) is 0. The first-order valence-electron chi connectivity index (χ1n) is 9.76. The summed E-state index contributed by atoms with van der Waals surface area (Å²) in [5.74, 6) is -0.192. The van der Waals surface area contributed by atoms with Crippen molar-refractivity contribution in [1.82, 2.24) is 15.1 Å². The molecule has 2 aromatic carbocycles. The van der Waals surface area contributed by atoms with Crippen molar-refractivity contribution in [3.63, 3.8) is 0 Å². The normalized spacial score (nSPS) is 15.1. The molecule has 1 saturated heterocycles. The maximum absolute atomic E-state index is 13.9. The van der Waals surface area contributed by atoms with E-state index in [1.807, 2.05) is 55.4 Å². The number of para-hydroxylation sites is 1. The number of halogens is 1. The number of benzene rings is 2. The molecule has 150 valence electrons. The number of carbonyl (C=O) groups excluding carboxylic acids is 1. The molecule has 1 heterocycles. The van der Waals surface area contributed by atoms with Crippen LogP contribution in [-0.2, 0) is 6.54 Å². The van der Waals surface area contributed by atoms with Crippen molar-refractivity contribution < 1.29 is 9.18 Å². The molecule has 0 bridgehead atoms. The second kappa shape index (κ2) is 9.66. The van der Waals surface area contributed by atoms with Gasteiger partial charge in [0.25, 0.3) is 5.91 Å². The number of nitrogens with zero attached hydrogens (tertiary/aromatic N) is 3. The summed E-state index contributed by atoms with van der Waals surface area (Å²) in [4.78, 5) is 18.7. The highest BCUT2D eigenvalue weighted by Crippen LogP contribution is 2.20. The number of hydrogen-bond acceptors (Lipinski definition) is 4. The fourth-order valence-electron chi connectivity index (χ4n) is 3.37. The Balaban J connectivity index is 1.47. The van der Waals surface area contributed by atoms with Gasteiger partial charge in [0.05, 0.1) is 5.69 Å². The van der Waals surface area contributed by atoms with Crippen LogP contribution in [0.25, 0.3) is 0 Å². The van der Waals surface area contributed by atoms with Crippen LogP contribution in [0.2, 0.25) is 0 Å². The van der Waals surface area contributed by atoms with Crippen LogP contribution >= 0.6 is 0 Å². The van der Waals surface area contributed by atoms with Gasteiger partial charge in [-0.05, 0) is 43.9 Å². The van der Waals surface area contributed by atoms with Gasteiger partial charge in [-0.2, -0.15) is 0 Å². The maximum atomic E-state index is 13.9. The van der Waals surface area contributed by atoms with Crippen LogP contribution in [-0.4, -0.2) is 69.1 Å². The van der Waals surface area contributed by atoms with Crippen LogP contribution in [0.5, 0.6) is 0 Å². The number of likely N-dealkylation sites (N-methyl/N-ethyl adjacent to an activating group) is 1. The molecule has 0 atom stereocenters. The van der Waals surface area contributed by atoms with Crippen molar-refractivity contribution in [2.24, 2.45) is 0 Å². The number of rotatable bonds is 7. The van der Waals surface area contributed by atoms with E-state index in [1.54, 1.807) is 6.07 Å². The Morgan fingerprint density at radius 3 is 2.36 bits per heavy atom.